The molecule has 0 spiro atoms. The molecule has 0 fully saturated rings. The Morgan fingerprint density at radius 3 is 2.44 bits per heavy atom. The Balaban J connectivity index is 2.19. The lowest BCUT2D eigenvalue weighted by atomic mass is 10.0. The van der Waals surface area contributed by atoms with Crippen LogP contribution in [0.4, 0.5) is 5.88 Å². The molecule has 0 unspecified atom stereocenters. The van der Waals surface area contributed by atoms with Crippen LogP contribution in [0.2, 0.25) is 0 Å². The van der Waals surface area contributed by atoms with Crippen molar-refractivity contribution in [3.05, 3.63) is 54.9 Å². The Bertz CT molecular complexity index is 647. The van der Waals surface area contributed by atoms with E-state index in [1.54, 1.807) is 12.4 Å². The van der Waals surface area contributed by atoms with Crippen molar-refractivity contribution in [3.8, 4) is 22.4 Å². The number of nitrogens with zero attached hydrogens (tertiary/aromatic N) is 2. The Morgan fingerprint density at radius 1 is 0.944 bits per heavy atom. The fourth-order valence-corrected chi connectivity index (χ4v) is 1.89. The van der Waals surface area contributed by atoms with E-state index >= 15 is 0 Å². The van der Waals surface area contributed by atoms with Crippen molar-refractivity contribution < 1.29 is 4.52 Å². The first-order valence-corrected chi connectivity index (χ1v) is 5.57. The van der Waals surface area contributed by atoms with Crippen LogP contribution in [0.1, 0.15) is 0 Å². The zero-order chi connectivity index (χ0) is 12.4. The summed E-state index contributed by atoms with van der Waals surface area (Å²) in [6, 6.07) is 13.6. The molecule has 0 saturated carbocycles. The molecular weight excluding hydrogens is 226 g/mol. The summed E-state index contributed by atoms with van der Waals surface area (Å²) in [7, 11) is 0. The molecule has 88 valence electrons. The van der Waals surface area contributed by atoms with Gasteiger partial charge in [-0.15, -0.1) is 0 Å². The largest absolute Gasteiger partial charge is 0.367 e. The number of pyridine rings is 1. The first-order valence-electron chi connectivity index (χ1n) is 5.57. The van der Waals surface area contributed by atoms with E-state index < -0.39 is 0 Å². The third-order valence-electron chi connectivity index (χ3n) is 2.72. The Hall–Kier alpha value is -2.62. The average molecular weight is 237 g/mol. The number of hydrogen-bond donors (Lipinski definition) is 1. The zero-order valence-electron chi connectivity index (χ0n) is 9.58. The molecule has 4 nitrogen and oxygen atoms in total. The van der Waals surface area contributed by atoms with Crippen molar-refractivity contribution in [2.75, 3.05) is 5.73 Å². The third kappa shape index (κ3) is 1.73. The first kappa shape index (κ1) is 10.5. The van der Waals surface area contributed by atoms with Gasteiger partial charge in [0.05, 0.1) is 5.56 Å². The van der Waals surface area contributed by atoms with Crippen LogP contribution < -0.4 is 5.73 Å². The molecule has 0 radical (unpaired) electrons. The number of rotatable bonds is 2. The van der Waals surface area contributed by atoms with Crippen LogP contribution in [0, 0.1) is 0 Å². The highest BCUT2D eigenvalue weighted by Gasteiger charge is 2.16. The maximum Gasteiger partial charge on any atom is 0.230 e. The van der Waals surface area contributed by atoms with E-state index in [-0.39, 0.29) is 0 Å². The zero-order valence-corrected chi connectivity index (χ0v) is 9.58. The number of benzene rings is 1. The average Bonchev–Trinajstić information content (AvgIpc) is 2.83. The summed E-state index contributed by atoms with van der Waals surface area (Å²) in [6.45, 7) is 0. The second-order valence-corrected chi connectivity index (χ2v) is 3.88. The quantitative estimate of drug-likeness (QED) is 0.744. The maximum atomic E-state index is 5.85. The smallest absolute Gasteiger partial charge is 0.230 e. The summed E-state index contributed by atoms with van der Waals surface area (Å²) < 4.78 is 5.10. The van der Waals surface area contributed by atoms with Crippen LogP contribution in [0.25, 0.3) is 22.4 Å². The summed E-state index contributed by atoms with van der Waals surface area (Å²) in [6.07, 6.45) is 3.46. The predicted molar refractivity (Wildman–Crippen MR) is 69.6 cm³/mol. The van der Waals surface area contributed by atoms with Gasteiger partial charge < -0.3 is 10.3 Å². The number of hydrogen-bond acceptors (Lipinski definition) is 4. The monoisotopic (exact) mass is 237 g/mol. The molecule has 0 aliphatic rings. The highest BCUT2D eigenvalue weighted by Crippen LogP contribution is 2.35. The molecule has 0 amide bonds. The number of nitrogens with two attached hydrogens (primary N) is 1. The van der Waals surface area contributed by atoms with Gasteiger partial charge in [-0.05, 0) is 6.07 Å². The van der Waals surface area contributed by atoms with E-state index in [1.165, 1.54) is 0 Å². The Kier molecular flexibility index (Phi) is 2.53. The van der Waals surface area contributed by atoms with Crippen LogP contribution in [0.5, 0.6) is 0 Å². The van der Waals surface area contributed by atoms with Crippen molar-refractivity contribution in [2.45, 2.75) is 0 Å². The second kappa shape index (κ2) is 4.33. The fraction of sp³-hybridized carbons (Fsp3) is 0. The molecule has 4 heteroatoms. The van der Waals surface area contributed by atoms with Gasteiger partial charge in [-0.25, -0.2) is 0 Å². The van der Waals surface area contributed by atoms with Gasteiger partial charge in [0, 0.05) is 23.5 Å². The molecule has 0 atom stereocenters. The third-order valence-corrected chi connectivity index (χ3v) is 2.72. The number of aromatic nitrogens is 2. The van der Waals surface area contributed by atoms with Gasteiger partial charge in [-0.3, -0.25) is 4.98 Å². The van der Waals surface area contributed by atoms with Gasteiger partial charge in [-0.1, -0.05) is 41.6 Å². The van der Waals surface area contributed by atoms with Crippen molar-refractivity contribution in [2.24, 2.45) is 0 Å². The lowest BCUT2D eigenvalue weighted by Gasteiger charge is -2.01. The minimum absolute atomic E-state index is 0.307. The van der Waals surface area contributed by atoms with Gasteiger partial charge in [-0.2, -0.15) is 0 Å². The van der Waals surface area contributed by atoms with E-state index in [0.29, 0.717) is 5.88 Å². The molecule has 0 aliphatic heterocycles. The molecule has 18 heavy (non-hydrogen) atoms. The highest BCUT2D eigenvalue weighted by molar-refractivity contribution is 5.86. The van der Waals surface area contributed by atoms with Gasteiger partial charge in [0.15, 0.2) is 0 Å². The van der Waals surface area contributed by atoms with Gasteiger partial charge in [0.25, 0.3) is 0 Å². The van der Waals surface area contributed by atoms with Crippen molar-refractivity contribution in [1.29, 1.82) is 0 Å². The molecule has 2 heterocycles. The predicted octanol–water partition coefficient (Wildman–Crippen LogP) is 2.99. The summed E-state index contributed by atoms with van der Waals surface area (Å²) in [5, 5.41) is 4.03. The van der Waals surface area contributed by atoms with Crippen LogP contribution in [-0.2, 0) is 0 Å². The number of nitrogen functional groups attached to an aromatic ring is 1. The molecule has 0 aliphatic carbocycles. The van der Waals surface area contributed by atoms with Crippen LogP contribution in [-0.4, -0.2) is 10.1 Å². The molecule has 3 rings (SSSR count). The van der Waals surface area contributed by atoms with Gasteiger partial charge >= 0.3 is 0 Å². The summed E-state index contributed by atoms with van der Waals surface area (Å²) in [4.78, 5) is 4.09. The van der Waals surface area contributed by atoms with E-state index in [1.807, 2.05) is 42.5 Å². The molecule has 2 N–H and O–H groups in total. The minimum atomic E-state index is 0.307. The lowest BCUT2D eigenvalue weighted by molar-refractivity contribution is 0.439. The topological polar surface area (TPSA) is 64.9 Å². The fourth-order valence-electron chi connectivity index (χ4n) is 1.89. The van der Waals surface area contributed by atoms with E-state index in [2.05, 4.69) is 10.1 Å². The maximum absolute atomic E-state index is 5.85. The van der Waals surface area contributed by atoms with Crippen LogP contribution in [0.15, 0.2) is 59.4 Å². The van der Waals surface area contributed by atoms with Crippen LogP contribution >= 0.6 is 0 Å². The summed E-state index contributed by atoms with van der Waals surface area (Å²) >= 11 is 0. The lowest BCUT2D eigenvalue weighted by Crippen LogP contribution is -1.88. The van der Waals surface area contributed by atoms with Gasteiger partial charge in [0.2, 0.25) is 5.88 Å². The highest BCUT2D eigenvalue weighted by atomic mass is 16.5. The molecule has 3 aromatic rings. The first-order chi connectivity index (χ1) is 8.86. The van der Waals surface area contributed by atoms with E-state index in [4.69, 9.17) is 10.3 Å². The summed E-state index contributed by atoms with van der Waals surface area (Å²) in [5.41, 5.74) is 9.24. The number of anilines is 1. The molecular formula is C14H11N3O. The van der Waals surface area contributed by atoms with Crippen molar-refractivity contribution in [1.82, 2.24) is 10.1 Å². The summed E-state index contributed by atoms with van der Waals surface area (Å²) in [5.74, 6) is 0.307. The van der Waals surface area contributed by atoms with E-state index in [9.17, 15) is 0 Å². The SMILES string of the molecule is Nc1onc(-c2ccccc2)c1-c1cccnc1. The second-order valence-electron chi connectivity index (χ2n) is 3.88. The molecule has 0 bridgehead atoms. The van der Waals surface area contributed by atoms with E-state index in [0.717, 1.165) is 22.4 Å². The van der Waals surface area contributed by atoms with Gasteiger partial charge in [0.1, 0.15) is 5.69 Å². The Labute approximate surface area is 104 Å². The van der Waals surface area contributed by atoms with Crippen LogP contribution in [0.3, 0.4) is 0 Å². The molecule has 0 saturated heterocycles. The molecule has 1 aromatic carbocycles. The van der Waals surface area contributed by atoms with Crippen molar-refractivity contribution in [3.63, 3.8) is 0 Å². The Morgan fingerprint density at radius 2 is 1.72 bits per heavy atom. The normalized spacial score (nSPS) is 10.4. The standard InChI is InChI=1S/C14H11N3O/c15-14-12(11-7-4-8-16-9-11)13(17-18-14)10-5-2-1-3-6-10/h1-9H,15H2. The van der Waals surface area contributed by atoms with Crippen molar-refractivity contribution >= 4 is 5.88 Å². The minimum Gasteiger partial charge on any atom is -0.367 e. The molecule has 2 aromatic heterocycles.